The monoisotopic (exact) mass is 489 g/mol. The second kappa shape index (κ2) is 10.7. The van der Waals surface area contributed by atoms with Crippen molar-refractivity contribution in [2.24, 2.45) is 0 Å². The number of hydrogen-bond acceptors (Lipinski definition) is 7. The summed E-state index contributed by atoms with van der Waals surface area (Å²) in [6, 6.07) is 10.7. The van der Waals surface area contributed by atoms with E-state index in [-0.39, 0.29) is 25.2 Å². The van der Waals surface area contributed by atoms with Gasteiger partial charge >= 0.3 is 12.2 Å². The third kappa shape index (κ3) is 7.12. The summed E-state index contributed by atoms with van der Waals surface area (Å²) in [5.74, 6) is -0.444. The number of β-amino-alcohol motifs (C(OH)–C–C–N with tert-alkyl or cyclic N) is 1. The number of hydrogen-bond donors (Lipinski definition) is 2. The van der Waals surface area contributed by atoms with Crippen LogP contribution in [0, 0.1) is 15.9 Å². The molecule has 0 aromatic heterocycles. The van der Waals surface area contributed by atoms with Gasteiger partial charge in [-0.2, -0.15) is 0 Å². The van der Waals surface area contributed by atoms with Gasteiger partial charge in [0.05, 0.1) is 17.5 Å². The summed E-state index contributed by atoms with van der Waals surface area (Å²) in [7, 11) is 0. The number of rotatable bonds is 6. The van der Waals surface area contributed by atoms with Gasteiger partial charge in [-0.25, -0.2) is 14.0 Å². The molecular weight excluding hydrogens is 461 g/mol. The summed E-state index contributed by atoms with van der Waals surface area (Å²) in [6.45, 7) is 4.99. The number of aliphatic hydroxyl groups is 1. The number of aliphatic hydroxyl groups excluding tert-OH is 1. The van der Waals surface area contributed by atoms with E-state index >= 15 is 0 Å². The topological polar surface area (TPSA) is 131 Å². The number of nitro benzene ring substituents is 1. The Balaban J connectivity index is 1.76. The van der Waals surface area contributed by atoms with Crippen LogP contribution >= 0.6 is 0 Å². The van der Waals surface area contributed by atoms with Gasteiger partial charge in [0.25, 0.3) is 5.69 Å². The van der Waals surface area contributed by atoms with Crippen molar-refractivity contribution in [2.45, 2.75) is 57.6 Å². The lowest BCUT2D eigenvalue weighted by atomic mass is 10.0. The van der Waals surface area contributed by atoms with Crippen molar-refractivity contribution >= 4 is 17.9 Å². The Kier molecular flexibility index (Phi) is 7.90. The van der Waals surface area contributed by atoms with Crippen LogP contribution in [-0.2, 0) is 22.4 Å². The zero-order valence-corrected chi connectivity index (χ0v) is 19.6. The Hall–Kier alpha value is -3.73. The maximum atomic E-state index is 13.4. The average molecular weight is 490 g/mol. The molecule has 2 aromatic rings. The Morgan fingerprint density at radius 3 is 2.49 bits per heavy atom. The van der Waals surface area contributed by atoms with Crippen molar-refractivity contribution in [3.63, 3.8) is 0 Å². The van der Waals surface area contributed by atoms with Crippen molar-refractivity contribution in [1.82, 2.24) is 10.2 Å². The summed E-state index contributed by atoms with van der Waals surface area (Å²) < 4.78 is 24.3. The molecule has 0 unspecified atom stereocenters. The SMILES string of the molecule is CC(C)(C)OC(=O)N1C[C@H](O)[C@@H](OC(=O)NCc2cccc(F)c2)[C@H]1Cc1ccc([N+](=O)[O-])cc1. The molecule has 35 heavy (non-hydrogen) atoms. The maximum Gasteiger partial charge on any atom is 0.410 e. The second-order valence-electron chi connectivity index (χ2n) is 9.25. The quantitative estimate of drug-likeness (QED) is 0.469. The van der Waals surface area contributed by atoms with E-state index in [9.17, 15) is 29.2 Å². The summed E-state index contributed by atoms with van der Waals surface area (Å²) in [6.07, 6.45) is -3.67. The molecule has 1 aliphatic rings. The van der Waals surface area contributed by atoms with Crippen LogP contribution < -0.4 is 5.32 Å². The van der Waals surface area contributed by atoms with Gasteiger partial charge in [-0.3, -0.25) is 15.0 Å². The normalized spacial score (nSPS) is 19.8. The largest absolute Gasteiger partial charge is 0.444 e. The molecule has 3 rings (SSSR count). The fraction of sp³-hybridized carbons (Fsp3) is 0.417. The molecule has 2 N–H and O–H groups in total. The maximum absolute atomic E-state index is 13.4. The Morgan fingerprint density at radius 1 is 1.20 bits per heavy atom. The lowest BCUT2D eigenvalue weighted by Crippen LogP contribution is -2.46. The lowest BCUT2D eigenvalue weighted by Gasteiger charge is -2.30. The van der Waals surface area contributed by atoms with Crippen LogP contribution in [0.1, 0.15) is 31.9 Å². The number of nitro groups is 1. The van der Waals surface area contributed by atoms with Crippen molar-refractivity contribution < 1.29 is 33.5 Å². The first-order valence-corrected chi connectivity index (χ1v) is 11.0. The van der Waals surface area contributed by atoms with Crippen molar-refractivity contribution in [3.8, 4) is 0 Å². The molecule has 1 saturated heterocycles. The summed E-state index contributed by atoms with van der Waals surface area (Å²) >= 11 is 0. The van der Waals surface area contributed by atoms with Crippen LogP contribution in [0.25, 0.3) is 0 Å². The predicted molar refractivity (Wildman–Crippen MR) is 123 cm³/mol. The van der Waals surface area contributed by atoms with E-state index in [1.54, 1.807) is 26.8 Å². The summed E-state index contributed by atoms with van der Waals surface area (Å²) in [5.41, 5.74) is 0.277. The van der Waals surface area contributed by atoms with Gasteiger partial charge in [-0.05, 0) is 50.5 Å². The smallest absolute Gasteiger partial charge is 0.410 e. The number of nitrogens with one attached hydrogen (secondary N) is 1. The number of carbonyl (C=O) groups excluding carboxylic acids is 2. The molecule has 11 heteroatoms. The van der Waals surface area contributed by atoms with E-state index < -0.39 is 46.8 Å². The minimum atomic E-state index is -1.19. The van der Waals surface area contributed by atoms with Gasteiger partial charge in [-0.15, -0.1) is 0 Å². The van der Waals surface area contributed by atoms with Crippen LogP contribution in [0.5, 0.6) is 0 Å². The van der Waals surface area contributed by atoms with Crippen LogP contribution in [0.15, 0.2) is 48.5 Å². The minimum absolute atomic E-state index is 0.00219. The number of halogens is 1. The van der Waals surface area contributed by atoms with E-state index in [0.29, 0.717) is 11.1 Å². The van der Waals surface area contributed by atoms with E-state index in [1.165, 1.54) is 47.4 Å². The number of alkyl carbamates (subject to hydrolysis) is 1. The second-order valence-corrected chi connectivity index (χ2v) is 9.25. The molecule has 0 saturated carbocycles. The highest BCUT2D eigenvalue weighted by atomic mass is 19.1. The third-order valence-corrected chi connectivity index (χ3v) is 5.33. The average Bonchev–Trinajstić information content (AvgIpc) is 3.07. The van der Waals surface area contributed by atoms with Gasteiger partial charge < -0.3 is 19.9 Å². The van der Waals surface area contributed by atoms with Crippen molar-refractivity contribution in [2.75, 3.05) is 6.54 Å². The molecular formula is C24H28FN3O7. The third-order valence-electron chi connectivity index (χ3n) is 5.33. The Morgan fingerprint density at radius 2 is 1.89 bits per heavy atom. The number of ether oxygens (including phenoxy) is 2. The highest BCUT2D eigenvalue weighted by molar-refractivity contribution is 5.70. The molecule has 1 aliphatic heterocycles. The summed E-state index contributed by atoms with van der Waals surface area (Å²) in [4.78, 5) is 37.0. The van der Waals surface area contributed by atoms with Crippen LogP contribution in [-0.4, -0.2) is 57.5 Å². The van der Waals surface area contributed by atoms with Gasteiger partial charge in [0, 0.05) is 18.7 Å². The molecule has 1 heterocycles. The standard InChI is InChI=1S/C24H28FN3O7/c1-24(2,3)35-23(31)27-14-20(29)21(19(27)12-15-7-9-18(10-8-15)28(32)33)34-22(30)26-13-16-5-4-6-17(25)11-16/h4-11,19-21,29H,12-14H2,1-3H3,(H,26,30)/t19-,20+,21+/m1/s1. The number of nitrogens with zero attached hydrogens (tertiary/aromatic N) is 2. The van der Waals surface area contributed by atoms with E-state index in [2.05, 4.69) is 5.32 Å². The Bertz CT molecular complexity index is 1070. The van der Waals surface area contributed by atoms with Gasteiger partial charge in [0.15, 0.2) is 6.10 Å². The highest BCUT2D eigenvalue weighted by Crippen LogP contribution is 2.28. The molecule has 2 amide bonds. The molecule has 2 aromatic carbocycles. The highest BCUT2D eigenvalue weighted by Gasteiger charge is 2.47. The van der Waals surface area contributed by atoms with Gasteiger partial charge in [0.1, 0.15) is 17.5 Å². The predicted octanol–water partition coefficient (Wildman–Crippen LogP) is 3.55. The Labute approximate surface area is 201 Å². The fourth-order valence-corrected chi connectivity index (χ4v) is 3.77. The number of carbonyl (C=O) groups is 2. The molecule has 10 nitrogen and oxygen atoms in total. The van der Waals surface area contributed by atoms with Gasteiger partial charge in [0.2, 0.25) is 0 Å². The summed E-state index contributed by atoms with van der Waals surface area (Å²) in [5, 5.41) is 24.1. The van der Waals surface area contributed by atoms with Crippen molar-refractivity contribution in [1.29, 1.82) is 0 Å². The molecule has 0 spiro atoms. The molecule has 3 atom stereocenters. The number of benzene rings is 2. The molecule has 0 radical (unpaired) electrons. The van der Waals surface area contributed by atoms with E-state index in [0.717, 1.165) is 0 Å². The number of amides is 2. The van der Waals surface area contributed by atoms with Crippen LogP contribution in [0.4, 0.5) is 19.7 Å². The number of non-ortho nitro benzene ring substituents is 1. The molecule has 1 fully saturated rings. The molecule has 188 valence electrons. The first-order chi connectivity index (χ1) is 16.4. The molecule has 0 bridgehead atoms. The van der Waals surface area contributed by atoms with Gasteiger partial charge in [-0.1, -0.05) is 24.3 Å². The zero-order chi connectivity index (χ0) is 25.8. The van der Waals surface area contributed by atoms with Crippen LogP contribution in [0.2, 0.25) is 0 Å². The fourth-order valence-electron chi connectivity index (χ4n) is 3.77. The minimum Gasteiger partial charge on any atom is -0.444 e. The first-order valence-electron chi connectivity index (χ1n) is 11.0. The lowest BCUT2D eigenvalue weighted by molar-refractivity contribution is -0.384. The first kappa shape index (κ1) is 25.9. The van der Waals surface area contributed by atoms with Crippen molar-refractivity contribution in [3.05, 3.63) is 75.6 Å². The van der Waals surface area contributed by atoms with E-state index in [4.69, 9.17) is 9.47 Å². The van der Waals surface area contributed by atoms with Crippen LogP contribution in [0.3, 0.4) is 0 Å². The molecule has 0 aliphatic carbocycles. The zero-order valence-electron chi connectivity index (χ0n) is 19.6. The van der Waals surface area contributed by atoms with E-state index in [1.807, 2.05) is 0 Å². The number of likely N-dealkylation sites (tertiary alicyclic amines) is 1.